The molecule has 0 heterocycles. The second kappa shape index (κ2) is 8.43. The Bertz CT molecular complexity index is 155. The third-order valence-electron chi connectivity index (χ3n) is 2.97. The van der Waals surface area contributed by atoms with Crippen LogP contribution in [0.5, 0.6) is 0 Å². The van der Waals surface area contributed by atoms with Crippen LogP contribution in [-0.2, 0) is 4.74 Å². The molecule has 0 radical (unpaired) electrons. The van der Waals surface area contributed by atoms with E-state index in [9.17, 15) is 0 Å². The van der Waals surface area contributed by atoms with Crippen LogP contribution >= 0.6 is 11.8 Å². The van der Waals surface area contributed by atoms with Gasteiger partial charge in [-0.1, -0.05) is 26.2 Å². The number of nitrogens with two attached hydrogens (primary N) is 1. The molecule has 2 nitrogen and oxygen atoms in total. The lowest BCUT2D eigenvalue weighted by Crippen LogP contribution is -2.36. The van der Waals surface area contributed by atoms with Crippen molar-refractivity contribution in [1.82, 2.24) is 0 Å². The van der Waals surface area contributed by atoms with Crippen LogP contribution in [0.1, 0.15) is 45.4 Å². The molecule has 0 aliphatic heterocycles. The lowest BCUT2D eigenvalue weighted by Gasteiger charge is -2.21. The number of hydrogen-bond donors (Lipinski definition) is 1. The second-order valence-corrected chi connectivity index (χ2v) is 5.66. The summed E-state index contributed by atoms with van der Waals surface area (Å²) in [5.41, 5.74) is 6.09. The second-order valence-electron chi connectivity index (χ2n) is 4.26. The van der Waals surface area contributed by atoms with E-state index < -0.39 is 0 Å². The molecule has 0 aromatic heterocycles. The number of rotatable bonds is 6. The van der Waals surface area contributed by atoms with Crippen molar-refractivity contribution in [3.05, 3.63) is 0 Å². The first-order chi connectivity index (χ1) is 7.34. The molecule has 0 amide bonds. The summed E-state index contributed by atoms with van der Waals surface area (Å²) in [6, 6.07) is 0.284. The Morgan fingerprint density at radius 3 is 2.87 bits per heavy atom. The van der Waals surface area contributed by atoms with Gasteiger partial charge in [-0.15, -0.1) is 0 Å². The number of ether oxygens (including phenoxy) is 1. The van der Waals surface area contributed by atoms with Gasteiger partial charge in [-0.2, -0.15) is 11.8 Å². The molecule has 0 spiro atoms. The maximum absolute atomic E-state index is 6.09. The summed E-state index contributed by atoms with van der Waals surface area (Å²) in [6.07, 6.45) is 7.73. The van der Waals surface area contributed by atoms with Crippen molar-refractivity contribution in [3.8, 4) is 0 Å². The molecule has 2 unspecified atom stereocenters. The van der Waals surface area contributed by atoms with E-state index in [-0.39, 0.29) is 6.04 Å². The van der Waals surface area contributed by atoms with E-state index in [0.29, 0.717) is 6.10 Å². The van der Waals surface area contributed by atoms with Crippen molar-refractivity contribution in [2.75, 3.05) is 18.1 Å². The summed E-state index contributed by atoms with van der Waals surface area (Å²) in [5.74, 6) is 2.43. The predicted octanol–water partition coefficient (Wildman–Crippen LogP) is 2.81. The van der Waals surface area contributed by atoms with E-state index in [2.05, 4.69) is 6.92 Å². The lowest BCUT2D eigenvalue weighted by atomic mass is 10.1. The molecule has 2 N–H and O–H groups in total. The average Bonchev–Trinajstić information content (AvgIpc) is 2.44. The molecule has 2 atom stereocenters. The van der Waals surface area contributed by atoms with Crippen molar-refractivity contribution in [2.45, 2.75) is 57.6 Å². The van der Waals surface area contributed by atoms with Crippen LogP contribution in [0.3, 0.4) is 0 Å². The normalized spacial score (nSPS) is 27.6. The van der Waals surface area contributed by atoms with Gasteiger partial charge in [0.25, 0.3) is 0 Å². The quantitative estimate of drug-likeness (QED) is 0.564. The fourth-order valence-corrected chi connectivity index (χ4v) is 2.66. The highest BCUT2D eigenvalue weighted by atomic mass is 32.2. The molecular weight excluding hydrogens is 206 g/mol. The van der Waals surface area contributed by atoms with Crippen molar-refractivity contribution < 1.29 is 4.74 Å². The zero-order valence-electron chi connectivity index (χ0n) is 9.91. The fraction of sp³-hybridized carbons (Fsp3) is 1.00. The minimum atomic E-state index is 0.284. The molecule has 15 heavy (non-hydrogen) atoms. The van der Waals surface area contributed by atoms with Crippen molar-refractivity contribution >= 4 is 11.8 Å². The van der Waals surface area contributed by atoms with Gasteiger partial charge in [0.15, 0.2) is 0 Å². The van der Waals surface area contributed by atoms with E-state index >= 15 is 0 Å². The Hall–Kier alpha value is 0.270. The maximum Gasteiger partial charge on any atom is 0.0725 e. The third-order valence-corrected chi connectivity index (χ3v) is 3.96. The minimum Gasteiger partial charge on any atom is -0.377 e. The van der Waals surface area contributed by atoms with Crippen molar-refractivity contribution in [3.63, 3.8) is 0 Å². The molecule has 1 aliphatic carbocycles. The molecule has 0 aromatic rings. The van der Waals surface area contributed by atoms with Crippen LogP contribution < -0.4 is 5.73 Å². The van der Waals surface area contributed by atoms with Crippen molar-refractivity contribution in [1.29, 1.82) is 0 Å². The van der Waals surface area contributed by atoms with Crippen LogP contribution in [0.4, 0.5) is 0 Å². The third kappa shape index (κ3) is 5.79. The Kier molecular flexibility index (Phi) is 7.49. The van der Waals surface area contributed by atoms with Gasteiger partial charge >= 0.3 is 0 Å². The molecule has 1 aliphatic rings. The van der Waals surface area contributed by atoms with Gasteiger partial charge < -0.3 is 10.5 Å². The first-order valence-electron chi connectivity index (χ1n) is 6.29. The van der Waals surface area contributed by atoms with E-state index in [1.807, 2.05) is 11.8 Å². The molecule has 0 bridgehead atoms. The SMILES string of the molecule is CCSCCCOC1CCCCCC1N. The number of thioether (sulfide) groups is 1. The molecule has 1 rings (SSSR count). The van der Waals surface area contributed by atoms with Gasteiger partial charge in [0, 0.05) is 12.6 Å². The molecule has 0 saturated heterocycles. The van der Waals surface area contributed by atoms with Gasteiger partial charge in [-0.05, 0) is 30.8 Å². The first kappa shape index (κ1) is 13.3. The summed E-state index contributed by atoms with van der Waals surface area (Å²) < 4.78 is 5.88. The van der Waals surface area contributed by atoms with Crippen LogP contribution in [0.2, 0.25) is 0 Å². The monoisotopic (exact) mass is 231 g/mol. The van der Waals surface area contributed by atoms with Crippen molar-refractivity contribution in [2.24, 2.45) is 5.73 Å². The van der Waals surface area contributed by atoms with Gasteiger partial charge in [0.05, 0.1) is 6.10 Å². The minimum absolute atomic E-state index is 0.284. The Labute approximate surface area is 98.3 Å². The van der Waals surface area contributed by atoms with E-state index in [1.165, 1.54) is 43.6 Å². The standard InChI is InChI=1S/C12H25NOS/c1-2-15-10-6-9-14-12-8-5-3-4-7-11(12)13/h11-12H,2-10,13H2,1H3. The van der Waals surface area contributed by atoms with Gasteiger partial charge in [-0.3, -0.25) is 0 Å². The zero-order valence-corrected chi connectivity index (χ0v) is 10.7. The summed E-state index contributed by atoms with van der Waals surface area (Å²) in [7, 11) is 0. The lowest BCUT2D eigenvalue weighted by molar-refractivity contribution is 0.0321. The molecule has 90 valence electrons. The summed E-state index contributed by atoms with van der Waals surface area (Å²) in [6.45, 7) is 3.10. The topological polar surface area (TPSA) is 35.2 Å². The van der Waals surface area contributed by atoms with Crippen LogP contribution in [0, 0.1) is 0 Å². The predicted molar refractivity (Wildman–Crippen MR) is 68.4 cm³/mol. The Morgan fingerprint density at radius 2 is 2.07 bits per heavy atom. The fourth-order valence-electron chi connectivity index (χ4n) is 2.05. The highest BCUT2D eigenvalue weighted by Crippen LogP contribution is 2.19. The average molecular weight is 231 g/mol. The summed E-state index contributed by atoms with van der Waals surface area (Å²) >= 11 is 1.99. The van der Waals surface area contributed by atoms with E-state index in [0.717, 1.165) is 13.0 Å². The van der Waals surface area contributed by atoms with Crippen LogP contribution in [-0.4, -0.2) is 30.3 Å². The van der Waals surface area contributed by atoms with Crippen LogP contribution in [0.15, 0.2) is 0 Å². The van der Waals surface area contributed by atoms with E-state index in [4.69, 9.17) is 10.5 Å². The zero-order chi connectivity index (χ0) is 10.9. The molecular formula is C12H25NOS. The molecule has 1 saturated carbocycles. The molecule has 1 fully saturated rings. The summed E-state index contributed by atoms with van der Waals surface area (Å²) in [4.78, 5) is 0. The van der Waals surface area contributed by atoms with Gasteiger partial charge in [-0.25, -0.2) is 0 Å². The summed E-state index contributed by atoms with van der Waals surface area (Å²) in [5, 5.41) is 0. The largest absolute Gasteiger partial charge is 0.377 e. The van der Waals surface area contributed by atoms with Crippen LogP contribution in [0.25, 0.3) is 0 Å². The van der Waals surface area contributed by atoms with Gasteiger partial charge in [0.2, 0.25) is 0 Å². The number of hydrogen-bond acceptors (Lipinski definition) is 3. The highest BCUT2D eigenvalue weighted by molar-refractivity contribution is 7.99. The highest BCUT2D eigenvalue weighted by Gasteiger charge is 2.20. The molecule has 0 aromatic carbocycles. The van der Waals surface area contributed by atoms with Gasteiger partial charge in [0.1, 0.15) is 0 Å². The smallest absolute Gasteiger partial charge is 0.0725 e. The molecule has 3 heteroatoms. The van der Waals surface area contributed by atoms with E-state index in [1.54, 1.807) is 0 Å². The Balaban J connectivity index is 2.07. The Morgan fingerprint density at radius 1 is 1.27 bits per heavy atom. The first-order valence-corrected chi connectivity index (χ1v) is 7.45. The maximum atomic E-state index is 6.09.